The van der Waals surface area contributed by atoms with Crippen LogP contribution in [-0.4, -0.2) is 37.2 Å². The van der Waals surface area contributed by atoms with Crippen molar-refractivity contribution in [1.29, 1.82) is 0 Å². The van der Waals surface area contributed by atoms with Crippen LogP contribution >= 0.6 is 0 Å². The molecule has 0 spiro atoms. The second-order valence-corrected chi connectivity index (χ2v) is 19.6. The molecule has 0 aliphatic carbocycles. The van der Waals surface area contributed by atoms with Crippen LogP contribution in [0, 0.1) is 0 Å². The molecule has 0 aromatic heterocycles. The van der Waals surface area contributed by atoms with Crippen LogP contribution in [0.2, 0.25) is 0 Å². The molecule has 0 aromatic carbocycles. The van der Waals surface area contributed by atoms with Gasteiger partial charge in [0.2, 0.25) is 0 Å². The summed E-state index contributed by atoms with van der Waals surface area (Å²) in [6, 6.07) is 0. The monoisotopic (exact) mass is 927 g/mol. The quantitative estimate of drug-likeness (QED) is 0.0262. The molecule has 6 nitrogen and oxygen atoms in total. The van der Waals surface area contributed by atoms with E-state index in [0.29, 0.717) is 19.3 Å². The SMILES string of the molecule is CCCCCCC/C=C\C/C=C\C/C=C\CCCCCCCCC(=O)OCC(COC(=O)CCCCCCCCCCCCCCC)OC(=O)CCCCCCCCCCCCCCCC. The molecule has 0 aliphatic heterocycles. The first kappa shape index (κ1) is 63.6. The Hall–Kier alpha value is -2.37. The fourth-order valence-corrected chi connectivity index (χ4v) is 8.51. The van der Waals surface area contributed by atoms with Gasteiger partial charge in [0.05, 0.1) is 0 Å². The molecule has 0 aliphatic rings. The molecule has 1 unspecified atom stereocenters. The lowest BCUT2D eigenvalue weighted by Gasteiger charge is -2.18. The molecule has 0 aromatic rings. The number of carbonyl (C=O) groups excluding carboxylic acids is 3. The number of ether oxygens (including phenoxy) is 3. The molecule has 0 rings (SSSR count). The topological polar surface area (TPSA) is 78.9 Å². The van der Waals surface area contributed by atoms with Gasteiger partial charge in [0.25, 0.3) is 0 Å². The first-order valence-corrected chi connectivity index (χ1v) is 29.0. The standard InChI is InChI=1S/C60H110O6/c1-4-7-10-13-16-19-22-25-27-28-29-30-31-32-33-36-38-41-44-47-50-53-59(62)65-56-57(55-64-58(61)52-49-46-43-40-37-34-24-21-18-15-12-9-6-3)66-60(63)54-51-48-45-42-39-35-26-23-20-17-14-11-8-5-2/h22,25,28-29,31-32,57H,4-21,23-24,26-27,30,33-56H2,1-3H3/b25-22-,29-28-,32-31-. The minimum Gasteiger partial charge on any atom is -0.462 e. The Kier molecular flexibility index (Phi) is 53.2. The van der Waals surface area contributed by atoms with E-state index < -0.39 is 6.10 Å². The summed E-state index contributed by atoms with van der Waals surface area (Å²) in [6.45, 7) is 6.65. The molecule has 386 valence electrons. The van der Waals surface area contributed by atoms with E-state index in [0.717, 1.165) is 77.0 Å². The Balaban J connectivity index is 4.33. The van der Waals surface area contributed by atoms with Crippen LogP contribution in [0.3, 0.4) is 0 Å². The first-order chi connectivity index (χ1) is 32.5. The van der Waals surface area contributed by atoms with Crippen molar-refractivity contribution in [2.24, 2.45) is 0 Å². The van der Waals surface area contributed by atoms with E-state index in [9.17, 15) is 14.4 Å². The molecular weight excluding hydrogens is 817 g/mol. The lowest BCUT2D eigenvalue weighted by Crippen LogP contribution is -2.30. The molecule has 0 fully saturated rings. The number of unbranched alkanes of at least 4 members (excludes halogenated alkanes) is 36. The maximum absolute atomic E-state index is 12.8. The first-order valence-electron chi connectivity index (χ1n) is 29.0. The third-order valence-electron chi connectivity index (χ3n) is 12.9. The van der Waals surface area contributed by atoms with E-state index in [1.165, 1.54) is 193 Å². The third-order valence-corrected chi connectivity index (χ3v) is 12.9. The predicted octanol–water partition coefficient (Wildman–Crippen LogP) is 19.3. The second kappa shape index (κ2) is 55.2. The fourth-order valence-electron chi connectivity index (χ4n) is 8.51. The predicted molar refractivity (Wildman–Crippen MR) is 284 cm³/mol. The van der Waals surface area contributed by atoms with Gasteiger partial charge in [0, 0.05) is 19.3 Å². The van der Waals surface area contributed by atoms with Gasteiger partial charge < -0.3 is 14.2 Å². The maximum atomic E-state index is 12.8. The van der Waals surface area contributed by atoms with E-state index in [2.05, 4.69) is 57.2 Å². The smallest absolute Gasteiger partial charge is 0.306 e. The number of hydrogen-bond acceptors (Lipinski definition) is 6. The van der Waals surface area contributed by atoms with Crippen molar-refractivity contribution in [2.75, 3.05) is 13.2 Å². The molecule has 0 saturated heterocycles. The molecule has 0 radical (unpaired) electrons. The highest BCUT2D eigenvalue weighted by molar-refractivity contribution is 5.71. The Labute approximate surface area is 410 Å². The van der Waals surface area contributed by atoms with E-state index in [-0.39, 0.29) is 31.1 Å². The average Bonchev–Trinajstić information content (AvgIpc) is 3.31. The fraction of sp³-hybridized carbons (Fsp3) is 0.850. The minimum atomic E-state index is -0.773. The summed E-state index contributed by atoms with van der Waals surface area (Å²) in [5.74, 6) is -0.866. The molecule has 0 amide bonds. The van der Waals surface area contributed by atoms with Crippen molar-refractivity contribution < 1.29 is 28.6 Å². The van der Waals surface area contributed by atoms with Crippen LogP contribution in [0.4, 0.5) is 0 Å². The van der Waals surface area contributed by atoms with Gasteiger partial charge in [-0.05, 0) is 57.8 Å². The number of hydrogen-bond donors (Lipinski definition) is 0. The van der Waals surface area contributed by atoms with Gasteiger partial charge in [0.1, 0.15) is 13.2 Å². The highest BCUT2D eigenvalue weighted by Gasteiger charge is 2.19. The second-order valence-electron chi connectivity index (χ2n) is 19.6. The van der Waals surface area contributed by atoms with Crippen LogP contribution in [0.1, 0.15) is 310 Å². The summed E-state index contributed by atoms with van der Waals surface area (Å²) in [5, 5.41) is 0. The Morgan fingerprint density at radius 3 is 0.848 bits per heavy atom. The van der Waals surface area contributed by atoms with Crippen molar-refractivity contribution in [3.05, 3.63) is 36.5 Å². The summed E-state index contributed by atoms with van der Waals surface area (Å²) >= 11 is 0. The van der Waals surface area contributed by atoms with Crippen LogP contribution in [-0.2, 0) is 28.6 Å². The van der Waals surface area contributed by atoms with Crippen molar-refractivity contribution in [1.82, 2.24) is 0 Å². The van der Waals surface area contributed by atoms with Crippen molar-refractivity contribution in [2.45, 2.75) is 316 Å². The summed E-state index contributed by atoms with van der Waals surface area (Å²) in [6.07, 6.45) is 65.6. The molecule has 66 heavy (non-hydrogen) atoms. The van der Waals surface area contributed by atoms with Crippen LogP contribution in [0.15, 0.2) is 36.5 Å². The largest absolute Gasteiger partial charge is 0.462 e. The van der Waals surface area contributed by atoms with E-state index in [4.69, 9.17) is 14.2 Å². The van der Waals surface area contributed by atoms with Gasteiger partial charge >= 0.3 is 17.9 Å². The zero-order chi connectivity index (χ0) is 47.9. The van der Waals surface area contributed by atoms with Gasteiger partial charge in [0.15, 0.2) is 6.10 Å². The zero-order valence-electron chi connectivity index (χ0n) is 44.2. The summed E-state index contributed by atoms with van der Waals surface area (Å²) in [7, 11) is 0. The van der Waals surface area contributed by atoms with Gasteiger partial charge in [-0.3, -0.25) is 14.4 Å². The third kappa shape index (κ3) is 52.6. The number of esters is 3. The molecule has 0 saturated carbocycles. The molecule has 6 heteroatoms. The van der Waals surface area contributed by atoms with E-state index >= 15 is 0 Å². The lowest BCUT2D eigenvalue weighted by atomic mass is 10.0. The molecule has 1 atom stereocenters. The van der Waals surface area contributed by atoms with Gasteiger partial charge in [-0.2, -0.15) is 0 Å². The lowest BCUT2D eigenvalue weighted by molar-refractivity contribution is -0.167. The number of carbonyl (C=O) groups is 3. The Bertz CT molecular complexity index is 1110. The van der Waals surface area contributed by atoms with E-state index in [1.54, 1.807) is 0 Å². The summed E-state index contributed by atoms with van der Waals surface area (Å²) in [5.41, 5.74) is 0. The molecule has 0 N–H and O–H groups in total. The van der Waals surface area contributed by atoms with Gasteiger partial charge in [-0.1, -0.05) is 269 Å². The Morgan fingerprint density at radius 1 is 0.303 bits per heavy atom. The molecule has 0 bridgehead atoms. The Morgan fingerprint density at radius 2 is 0.545 bits per heavy atom. The summed E-state index contributed by atoms with van der Waals surface area (Å²) in [4.78, 5) is 38.1. The maximum Gasteiger partial charge on any atom is 0.306 e. The number of rotatable bonds is 53. The molecular formula is C60H110O6. The van der Waals surface area contributed by atoms with Gasteiger partial charge in [-0.25, -0.2) is 0 Å². The van der Waals surface area contributed by atoms with Crippen molar-refractivity contribution in [3.8, 4) is 0 Å². The van der Waals surface area contributed by atoms with Crippen molar-refractivity contribution >= 4 is 17.9 Å². The average molecular weight is 928 g/mol. The minimum absolute atomic E-state index is 0.0715. The normalized spacial score (nSPS) is 12.2. The highest BCUT2D eigenvalue weighted by Crippen LogP contribution is 2.16. The highest BCUT2D eigenvalue weighted by atomic mass is 16.6. The van der Waals surface area contributed by atoms with Crippen LogP contribution in [0.5, 0.6) is 0 Å². The van der Waals surface area contributed by atoms with Crippen LogP contribution < -0.4 is 0 Å². The van der Waals surface area contributed by atoms with Crippen molar-refractivity contribution in [3.63, 3.8) is 0 Å². The molecule has 0 heterocycles. The van der Waals surface area contributed by atoms with Crippen LogP contribution in [0.25, 0.3) is 0 Å². The number of allylic oxidation sites excluding steroid dienone is 6. The van der Waals surface area contributed by atoms with E-state index in [1.807, 2.05) is 0 Å². The zero-order valence-corrected chi connectivity index (χ0v) is 44.2. The summed E-state index contributed by atoms with van der Waals surface area (Å²) < 4.78 is 16.9. The van der Waals surface area contributed by atoms with Gasteiger partial charge in [-0.15, -0.1) is 0 Å².